The summed E-state index contributed by atoms with van der Waals surface area (Å²) in [6.07, 6.45) is -2.77. The molecule has 0 fully saturated rings. The molecule has 4 aromatic carbocycles. The van der Waals surface area contributed by atoms with Crippen LogP contribution in [0.25, 0.3) is 0 Å². The van der Waals surface area contributed by atoms with Crippen molar-refractivity contribution in [2.45, 2.75) is 52.0 Å². The van der Waals surface area contributed by atoms with E-state index in [-0.39, 0.29) is 45.3 Å². The number of rotatable bonds is 17. The Hall–Kier alpha value is -7.67. The average molecular weight is 801 g/mol. The van der Waals surface area contributed by atoms with Crippen LogP contribution >= 0.6 is 0 Å². The predicted molar refractivity (Wildman–Crippen MR) is 208 cm³/mol. The van der Waals surface area contributed by atoms with E-state index in [0.717, 1.165) is 6.07 Å². The molecule has 0 saturated carbocycles. The minimum Gasteiger partial charge on any atom is -0.504 e. The molecule has 0 aromatic heterocycles. The molecule has 4 aromatic rings. The summed E-state index contributed by atoms with van der Waals surface area (Å²) >= 11 is 0. The molecular formula is C39H40N6O13. The summed E-state index contributed by atoms with van der Waals surface area (Å²) in [6.45, 7) is 6.52. The Morgan fingerprint density at radius 3 is 1.59 bits per heavy atom. The van der Waals surface area contributed by atoms with Crippen molar-refractivity contribution in [3.63, 3.8) is 0 Å². The van der Waals surface area contributed by atoms with E-state index in [4.69, 9.17) is 15.2 Å². The zero-order valence-corrected chi connectivity index (χ0v) is 31.4. The summed E-state index contributed by atoms with van der Waals surface area (Å²) in [6, 6.07) is 13.7. The molecule has 0 aliphatic heterocycles. The largest absolute Gasteiger partial charge is 0.504 e. The third-order valence-corrected chi connectivity index (χ3v) is 7.91. The Kier molecular flexibility index (Phi) is 13.9. The monoisotopic (exact) mass is 800 g/mol. The quantitative estimate of drug-likeness (QED) is 0.0688. The summed E-state index contributed by atoms with van der Waals surface area (Å²) in [5.41, 5.74) is 4.86. The van der Waals surface area contributed by atoms with E-state index in [1.807, 2.05) is 0 Å². The number of primary amides is 1. The number of nitrogens with two attached hydrogens (primary N) is 1. The number of aromatic carboxylic acids is 1. The van der Waals surface area contributed by atoms with Crippen molar-refractivity contribution in [1.29, 1.82) is 0 Å². The Labute approximate surface area is 330 Å². The van der Waals surface area contributed by atoms with Crippen LogP contribution in [0.5, 0.6) is 23.0 Å². The maximum atomic E-state index is 13.4. The standard InChI is InChI=1S/C39H40N6O13/c1-18(2)57-32-26(15-13-24(29(32)47)37(53)44-27-16-14-25(39(55)56)30(48)33(27)58-19(3)4)43-35(51)20-7-11-23(12-8-20)42-38(54)28(31(49)34(40)50)45-36(52)21-5-9-22(10-6-21)41-17-46/h5-19,28,31,47-49H,1-4H3,(H2,40,50)(H,41,46)(H,42,54)(H,43,51)(H,44,53)(H,45,52)(H,55,56). The second kappa shape index (κ2) is 18.8. The zero-order valence-electron chi connectivity index (χ0n) is 31.4. The number of phenols is 2. The molecule has 11 N–H and O–H groups in total. The maximum absolute atomic E-state index is 13.4. The van der Waals surface area contributed by atoms with Gasteiger partial charge in [0.05, 0.1) is 29.1 Å². The number of nitrogens with one attached hydrogen (secondary N) is 5. The lowest BCUT2D eigenvalue weighted by atomic mass is 10.1. The molecule has 4 rings (SSSR count). The fraction of sp³-hybridized carbons (Fsp3) is 0.205. The van der Waals surface area contributed by atoms with Gasteiger partial charge in [-0.3, -0.25) is 28.8 Å². The van der Waals surface area contributed by atoms with Crippen LogP contribution in [0.15, 0.2) is 72.8 Å². The molecule has 0 spiro atoms. The number of aliphatic hydroxyl groups excluding tert-OH is 1. The first-order chi connectivity index (χ1) is 27.4. The number of carboxylic acid groups (broad SMARTS) is 1. The number of carbonyl (C=O) groups is 7. The van der Waals surface area contributed by atoms with Crippen molar-refractivity contribution < 1.29 is 63.5 Å². The van der Waals surface area contributed by atoms with Crippen LogP contribution in [0.2, 0.25) is 0 Å². The van der Waals surface area contributed by atoms with E-state index in [9.17, 15) is 54.0 Å². The van der Waals surface area contributed by atoms with Gasteiger partial charge in [-0.1, -0.05) is 0 Å². The van der Waals surface area contributed by atoms with Crippen molar-refractivity contribution in [1.82, 2.24) is 5.32 Å². The van der Waals surface area contributed by atoms with Crippen LogP contribution in [-0.2, 0) is 14.4 Å². The van der Waals surface area contributed by atoms with E-state index in [2.05, 4.69) is 26.6 Å². The molecule has 6 amide bonds. The number of anilines is 4. The lowest BCUT2D eigenvalue weighted by Gasteiger charge is -2.21. The Morgan fingerprint density at radius 1 is 0.638 bits per heavy atom. The average Bonchev–Trinajstić information content (AvgIpc) is 3.16. The number of ether oxygens (including phenoxy) is 2. The van der Waals surface area contributed by atoms with E-state index >= 15 is 0 Å². The van der Waals surface area contributed by atoms with Crippen LogP contribution in [0.4, 0.5) is 22.7 Å². The number of carboxylic acids is 1. The molecule has 0 radical (unpaired) electrons. The molecule has 0 aliphatic carbocycles. The van der Waals surface area contributed by atoms with Gasteiger partial charge >= 0.3 is 5.97 Å². The van der Waals surface area contributed by atoms with Gasteiger partial charge in [0.2, 0.25) is 18.2 Å². The highest BCUT2D eigenvalue weighted by atomic mass is 16.5. The van der Waals surface area contributed by atoms with Gasteiger partial charge in [-0.2, -0.15) is 0 Å². The SMILES string of the molecule is CC(C)Oc1c(NC(=O)c2ccc(NC(=O)c3ccc(NC(=O)C(NC(=O)c4ccc(NC=O)cc4)C(O)C(N)=O)cc3)c(OC(C)C)c2O)ccc(C(=O)O)c1O. The number of hydrogen-bond acceptors (Lipinski definition) is 12. The maximum Gasteiger partial charge on any atom is 0.339 e. The number of hydrogen-bond donors (Lipinski definition) is 10. The van der Waals surface area contributed by atoms with Gasteiger partial charge in [-0.25, -0.2) is 4.79 Å². The summed E-state index contributed by atoms with van der Waals surface area (Å²) in [4.78, 5) is 86.7. The van der Waals surface area contributed by atoms with Crippen LogP contribution in [0.1, 0.15) is 69.1 Å². The van der Waals surface area contributed by atoms with Crippen molar-refractivity contribution in [2.75, 3.05) is 21.3 Å². The third-order valence-electron chi connectivity index (χ3n) is 7.91. The number of benzene rings is 4. The highest BCUT2D eigenvalue weighted by Crippen LogP contribution is 2.41. The molecule has 0 heterocycles. The third kappa shape index (κ3) is 10.5. The second-order valence-corrected chi connectivity index (χ2v) is 12.9. The molecule has 2 unspecified atom stereocenters. The number of carbonyl (C=O) groups excluding carboxylic acids is 6. The number of aromatic hydroxyl groups is 2. The van der Waals surface area contributed by atoms with Crippen LogP contribution in [0.3, 0.4) is 0 Å². The van der Waals surface area contributed by atoms with Gasteiger partial charge in [0.1, 0.15) is 11.6 Å². The number of phenolic OH excluding ortho intramolecular Hbond substituents is 1. The minimum atomic E-state index is -2.13. The normalized spacial score (nSPS) is 11.8. The van der Waals surface area contributed by atoms with Gasteiger partial charge in [-0.05, 0) is 100 Å². The van der Waals surface area contributed by atoms with E-state index in [0.29, 0.717) is 12.1 Å². The Bertz CT molecular complexity index is 2220. The van der Waals surface area contributed by atoms with E-state index in [1.165, 1.54) is 66.7 Å². The van der Waals surface area contributed by atoms with Gasteiger partial charge in [-0.15, -0.1) is 0 Å². The zero-order chi connectivity index (χ0) is 42.8. The molecule has 19 heteroatoms. The Balaban J connectivity index is 1.51. The van der Waals surface area contributed by atoms with E-state index < -0.39 is 76.9 Å². The fourth-order valence-electron chi connectivity index (χ4n) is 5.18. The first-order valence-electron chi connectivity index (χ1n) is 17.3. The van der Waals surface area contributed by atoms with Crippen molar-refractivity contribution >= 4 is 64.7 Å². The smallest absolute Gasteiger partial charge is 0.339 e. The summed E-state index contributed by atoms with van der Waals surface area (Å²) in [7, 11) is 0. The van der Waals surface area contributed by atoms with E-state index in [1.54, 1.807) is 27.7 Å². The molecule has 0 saturated heterocycles. The van der Waals surface area contributed by atoms with Crippen molar-refractivity contribution in [3.8, 4) is 23.0 Å². The molecule has 0 bridgehead atoms. The lowest BCUT2D eigenvalue weighted by Crippen LogP contribution is -2.55. The first-order valence-corrected chi connectivity index (χ1v) is 17.3. The molecule has 19 nitrogen and oxygen atoms in total. The van der Waals surface area contributed by atoms with Crippen LogP contribution in [0, 0.1) is 0 Å². The predicted octanol–water partition coefficient (Wildman–Crippen LogP) is 3.03. The van der Waals surface area contributed by atoms with Crippen molar-refractivity contribution in [3.05, 3.63) is 95.1 Å². The minimum absolute atomic E-state index is 0.0335. The van der Waals surface area contributed by atoms with Gasteiger partial charge in [0, 0.05) is 22.5 Å². The van der Waals surface area contributed by atoms with Gasteiger partial charge < -0.3 is 62.2 Å². The summed E-state index contributed by atoms with van der Waals surface area (Å²) in [5.74, 6) is -8.15. The molecule has 58 heavy (non-hydrogen) atoms. The first kappa shape index (κ1) is 43.1. The summed E-state index contributed by atoms with van der Waals surface area (Å²) < 4.78 is 11.3. The molecule has 304 valence electrons. The fourth-order valence-corrected chi connectivity index (χ4v) is 5.18. The second-order valence-electron chi connectivity index (χ2n) is 12.9. The number of aliphatic hydroxyl groups is 1. The summed E-state index contributed by atoms with van der Waals surface area (Å²) in [5, 5.41) is 53.7. The lowest BCUT2D eigenvalue weighted by molar-refractivity contribution is -0.132. The van der Waals surface area contributed by atoms with Gasteiger partial charge in [0.25, 0.3) is 17.7 Å². The Morgan fingerprint density at radius 2 is 1.10 bits per heavy atom. The number of amides is 6. The van der Waals surface area contributed by atoms with Gasteiger partial charge in [0.15, 0.2) is 29.1 Å². The van der Waals surface area contributed by atoms with Crippen LogP contribution < -0.4 is 41.8 Å². The van der Waals surface area contributed by atoms with Crippen molar-refractivity contribution in [2.24, 2.45) is 5.73 Å². The highest BCUT2D eigenvalue weighted by Gasteiger charge is 2.33. The van der Waals surface area contributed by atoms with Crippen LogP contribution in [-0.4, -0.2) is 86.7 Å². The topological polar surface area (TPSA) is 305 Å². The molecular weight excluding hydrogens is 760 g/mol. The highest BCUT2D eigenvalue weighted by molar-refractivity contribution is 6.10. The molecule has 0 aliphatic rings. The molecule has 2 atom stereocenters.